The molecule has 0 spiro atoms. The van der Waals surface area contributed by atoms with Gasteiger partial charge in [-0.3, -0.25) is 14.5 Å². The summed E-state index contributed by atoms with van der Waals surface area (Å²) in [6.45, 7) is 6.78. The maximum absolute atomic E-state index is 13.8. The lowest BCUT2D eigenvalue weighted by molar-refractivity contribution is -0.123. The molecule has 11 heteroatoms. The molecule has 1 atom stereocenters. The summed E-state index contributed by atoms with van der Waals surface area (Å²) in [6.07, 6.45) is 0. The minimum Gasteiger partial charge on any atom is -0.493 e. The third-order valence-electron chi connectivity index (χ3n) is 6.52. The molecule has 1 aromatic heterocycles. The number of amides is 2. The molecule has 0 fully saturated rings. The van der Waals surface area contributed by atoms with Crippen LogP contribution in [0.15, 0.2) is 42.5 Å². The number of hydrogen-bond donors (Lipinski definition) is 1. The molecule has 0 saturated heterocycles. The molecule has 0 aliphatic carbocycles. The molecule has 1 aliphatic heterocycles. The van der Waals surface area contributed by atoms with Crippen molar-refractivity contribution in [2.75, 3.05) is 51.7 Å². The molecule has 0 unspecified atom stereocenters. The van der Waals surface area contributed by atoms with E-state index in [0.717, 1.165) is 16.8 Å². The number of nitrogens with one attached hydrogen (secondary N) is 1. The Labute approximate surface area is 244 Å². The highest BCUT2D eigenvalue weighted by molar-refractivity contribution is 8.00. The standard InChI is InChI=1S/C29H35ClN4O5S/c1-29(2,3)27-25-26(18-11-12-21(38-5)22(15-18)39-6)40-17-24(36)33(16-23(35)31-13-14-37-4)28(25)34(32-27)20-10-8-7-9-19(20)30/h7-12,15,26H,13-14,16-17H2,1-6H3,(H,31,35)/t26-/m0/s1. The SMILES string of the molecule is COCCNC(=O)CN1C(=O)CS[C@@H](c2ccc(OC)c(OC)c2)c2c(C(C)(C)C)nn(-c3ccccc3Cl)c21. The molecular weight excluding hydrogens is 552 g/mol. The first-order valence-corrected chi connectivity index (χ1v) is 14.3. The number of anilines is 1. The third-order valence-corrected chi connectivity index (χ3v) is 8.09. The minimum atomic E-state index is -0.397. The lowest BCUT2D eigenvalue weighted by Gasteiger charge is -2.25. The molecule has 9 nitrogen and oxygen atoms in total. The van der Waals surface area contributed by atoms with Crippen molar-refractivity contribution in [1.82, 2.24) is 15.1 Å². The van der Waals surface area contributed by atoms with Gasteiger partial charge in [0.2, 0.25) is 11.8 Å². The number of thioether (sulfide) groups is 1. The van der Waals surface area contributed by atoms with Gasteiger partial charge in [0.15, 0.2) is 11.5 Å². The van der Waals surface area contributed by atoms with Gasteiger partial charge in [0, 0.05) is 24.6 Å². The normalized spacial score (nSPS) is 15.4. The van der Waals surface area contributed by atoms with E-state index in [4.69, 9.17) is 30.9 Å². The lowest BCUT2D eigenvalue weighted by atomic mass is 9.87. The van der Waals surface area contributed by atoms with E-state index in [1.165, 1.54) is 16.7 Å². The van der Waals surface area contributed by atoms with Gasteiger partial charge in [-0.15, -0.1) is 11.8 Å². The molecular formula is C29H35ClN4O5S. The predicted molar refractivity (Wildman–Crippen MR) is 158 cm³/mol. The smallest absolute Gasteiger partial charge is 0.240 e. The highest BCUT2D eigenvalue weighted by Gasteiger charge is 2.40. The van der Waals surface area contributed by atoms with Crippen LogP contribution in [0.1, 0.15) is 42.8 Å². The summed E-state index contributed by atoms with van der Waals surface area (Å²) >= 11 is 8.16. The lowest BCUT2D eigenvalue weighted by Crippen LogP contribution is -2.43. The van der Waals surface area contributed by atoms with Crippen LogP contribution in [-0.2, 0) is 19.7 Å². The topological polar surface area (TPSA) is 94.9 Å². The number of rotatable bonds is 9. The number of hydrogen-bond acceptors (Lipinski definition) is 7. The Kier molecular flexibility index (Phi) is 9.33. The van der Waals surface area contributed by atoms with E-state index in [9.17, 15) is 9.59 Å². The van der Waals surface area contributed by atoms with E-state index in [1.54, 1.807) is 32.1 Å². The zero-order valence-corrected chi connectivity index (χ0v) is 25.2. The predicted octanol–water partition coefficient (Wildman–Crippen LogP) is 4.77. The van der Waals surface area contributed by atoms with Gasteiger partial charge in [0.1, 0.15) is 12.4 Å². The zero-order chi connectivity index (χ0) is 29.0. The third kappa shape index (κ3) is 6.09. The van der Waals surface area contributed by atoms with Crippen LogP contribution in [0.5, 0.6) is 11.5 Å². The van der Waals surface area contributed by atoms with Crippen LogP contribution in [0.4, 0.5) is 5.82 Å². The molecule has 3 aromatic rings. The van der Waals surface area contributed by atoms with Crippen LogP contribution >= 0.6 is 23.4 Å². The van der Waals surface area contributed by atoms with Crippen molar-refractivity contribution in [2.45, 2.75) is 31.4 Å². The molecule has 2 amide bonds. The summed E-state index contributed by atoms with van der Waals surface area (Å²) in [5.74, 6) is 1.38. The fraction of sp³-hybridized carbons (Fsp3) is 0.414. The number of methoxy groups -OCH3 is 3. The summed E-state index contributed by atoms with van der Waals surface area (Å²) in [5.41, 5.74) is 2.79. The Morgan fingerprint density at radius 1 is 1.12 bits per heavy atom. The fourth-order valence-electron chi connectivity index (χ4n) is 4.64. The van der Waals surface area contributed by atoms with Crippen LogP contribution in [0, 0.1) is 0 Å². The van der Waals surface area contributed by atoms with Crippen molar-refractivity contribution in [2.24, 2.45) is 0 Å². The molecule has 2 aromatic carbocycles. The molecule has 2 heterocycles. The van der Waals surface area contributed by atoms with E-state index < -0.39 is 5.41 Å². The number of fused-ring (bicyclic) bond motifs is 1. The second-order valence-corrected chi connectivity index (χ2v) is 11.8. The molecule has 0 radical (unpaired) electrons. The Bertz CT molecular complexity index is 1390. The maximum atomic E-state index is 13.8. The summed E-state index contributed by atoms with van der Waals surface area (Å²) in [6, 6.07) is 13.1. The number of aromatic nitrogens is 2. The molecule has 0 bridgehead atoms. The second kappa shape index (κ2) is 12.5. The Balaban J connectivity index is 1.98. The first kappa shape index (κ1) is 29.8. The summed E-state index contributed by atoms with van der Waals surface area (Å²) in [4.78, 5) is 28.3. The van der Waals surface area contributed by atoms with Gasteiger partial charge >= 0.3 is 0 Å². The molecule has 1 N–H and O–H groups in total. The van der Waals surface area contributed by atoms with E-state index in [2.05, 4.69) is 26.1 Å². The first-order valence-electron chi connectivity index (χ1n) is 12.9. The average molecular weight is 587 g/mol. The van der Waals surface area contributed by atoms with Crippen molar-refractivity contribution in [1.29, 1.82) is 0 Å². The number of para-hydroxylation sites is 1. The van der Waals surface area contributed by atoms with Crippen LogP contribution in [0.3, 0.4) is 0 Å². The second-order valence-electron chi connectivity index (χ2n) is 10.3. The molecule has 4 rings (SSSR count). The van der Waals surface area contributed by atoms with Gasteiger partial charge in [-0.1, -0.05) is 50.6 Å². The minimum absolute atomic E-state index is 0.158. The quantitative estimate of drug-likeness (QED) is 0.361. The van der Waals surface area contributed by atoms with Gasteiger partial charge in [0.25, 0.3) is 0 Å². The number of nitrogens with zero attached hydrogens (tertiary/aromatic N) is 3. The first-order chi connectivity index (χ1) is 19.1. The van der Waals surface area contributed by atoms with E-state index in [1.807, 2.05) is 36.4 Å². The zero-order valence-electron chi connectivity index (χ0n) is 23.6. The number of benzene rings is 2. The molecule has 0 saturated carbocycles. The van der Waals surface area contributed by atoms with Crippen LogP contribution in [0.25, 0.3) is 5.69 Å². The van der Waals surface area contributed by atoms with E-state index in [-0.39, 0.29) is 29.4 Å². The van der Waals surface area contributed by atoms with Gasteiger partial charge in [-0.05, 0) is 29.8 Å². The highest BCUT2D eigenvalue weighted by Crippen LogP contribution is 2.49. The molecule has 1 aliphatic rings. The van der Waals surface area contributed by atoms with E-state index in [0.29, 0.717) is 41.2 Å². The Morgan fingerprint density at radius 3 is 2.50 bits per heavy atom. The number of halogens is 1. The molecule has 40 heavy (non-hydrogen) atoms. The van der Waals surface area contributed by atoms with Gasteiger partial charge in [0.05, 0.1) is 48.2 Å². The Hall–Kier alpha value is -3.21. The summed E-state index contributed by atoms with van der Waals surface area (Å²) in [7, 11) is 4.75. The van der Waals surface area contributed by atoms with Crippen molar-refractivity contribution in [3.8, 4) is 17.2 Å². The molecule has 214 valence electrons. The number of carbonyl (C=O) groups excluding carboxylic acids is 2. The van der Waals surface area contributed by atoms with Gasteiger partial charge < -0.3 is 19.5 Å². The van der Waals surface area contributed by atoms with Crippen LogP contribution in [-0.4, -0.2) is 68.4 Å². The van der Waals surface area contributed by atoms with Crippen LogP contribution in [0.2, 0.25) is 5.02 Å². The van der Waals surface area contributed by atoms with Crippen molar-refractivity contribution < 1.29 is 23.8 Å². The van der Waals surface area contributed by atoms with E-state index >= 15 is 0 Å². The van der Waals surface area contributed by atoms with Crippen LogP contribution < -0.4 is 19.7 Å². The van der Waals surface area contributed by atoms with Crippen molar-refractivity contribution in [3.63, 3.8) is 0 Å². The fourth-order valence-corrected chi connectivity index (χ4v) is 6.04. The highest BCUT2D eigenvalue weighted by atomic mass is 35.5. The van der Waals surface area contributed by atoms with Crippen molar-refractivity contribution in [3.05, 3.63) is 64.3 Å². The number of ether oxygens (including phenoxy) is 3. The average Bonchev–Trinajstić information content (AvgIpc) is 3.26. The summed E-state index contributed by atoms with van der Waals surface area (Å²) < 4.78 is 17.8. The Morgan fingerprint density at radius 2 is 1.85 bits per heavy atom. The summed E-state index contributed by atoms with van der Waals surface area (Å²) in [5, 5.41) is 8.09. The maximum Gasteiger partial charge on any atom is 0.240 e. The van der Waals surface area contributed by atoms with Gasteiger partial charge in [-0.2, -0.15) is 5.10 Å². The van der Waals surface area contributed by atoms with Gasteiger partial charge in [-0.25, -0.2) is 4.68 Å². The number of carbonyl (C=O) groups is 2. The monoisotopic (exact) mass is 586 g/mol. The van der Waals surface area contributed by atoms with Crippen molar-refractivity contribution >= 4 is 41.0 Å². The largest absolute Gasteiger partial charge is 0.493 e.